The highest BCUT2D eigenvalue weighted by Gasteiger charge is 2.30. The van der Waals surface area contributed by atoms with Crippen LogP contribution in [0.25, 0.3) is 0 Å². The SMILES string of the molecule is CN1CCN(c2nc(N)c([N+](=O)[O-])c(N3CCCCC3)n2)CC1. The first kappa shape index (κ1) is 15.7. The van der Waals surface area contributed by atoms with E-state index in [1.165, 1.54) is 0 Å². The number of hydrogen-bond acceptors (Lipinski definition) is 8. The second-order valence-corrected chi connectivity index (χ2v) is 6.18. The molecule has 0 spiro atoms. The molecular formula is C14H23N7O2. The molecule has 23 heavy (non-hydrogen) atoms. The first-order valence-corrected chi connectivity index (χ1v) is 8.06. The highest BCUT2D eigenvalue weighted by Crippen LogP contribution is 2.34. The Morgan fingerprint density at radius 3 is 2.26 bits per heavy atom. The van der Waals surface area contributed by atoms with Crippen molar-refractivity contribution in [2.24, 2.45) is 0 Å². The lowest BCUT2D eigenvalue weighted by molar-refractivity contribution is -0.383. The number of hydrogen-bond donors (Lipinski definition) is 1. The minimum absolute atomic E-state index is 0.0421. The minimum atomic E-state index is -0.465. The van der Waals surface area contributed by atoms with E-state index in [4.69, 9.17) is 5.73 Å². The standard InChI is InChI=1S/C14H23N7O2/c1-18-7-9-20(10-8-18)14-16-12(15)11(21(22)23)13(17-14)19-5-3-2-4-6-19/h2-10H2,1H3,(H2,15,16,17). The van der Waals surface area contributed by atoms with Crippen molar-refractivity contribution < 1.29 is 4.92 Å². The van der Waals surface area contributed by atoms with Crippen molar-refractivity contribution >= 4 is 23.3 Å². The summed E-state index contributed by atoms with van der Waals surface area (Å²) in [6, 6.07) is 0. The molecular weight excluding hydrogens is 298 g/mol. The van der Waals surface area contributed by atoms with Gasteiger partial charge < -0.3 is 20.4 Å². The Morgan fingerprint density at radius 1 is 1.00 bits per heavy atom. The quantitative estimate of drug-likeness (QED) is 0.641. The normalized spacial score (nSPS) is 19.9. The van der Waals surface area contributed by atoms with Crippen molar-refractivity contribution in [1.82, 2.24) is 14.9 Å². The zero-order valence-electron chi connectivity index (χ0n) is 13.4. The largest absolute Gasteiger partial charge is 0.378 e. The summed E-state index contributed by atoms with van der Waals surface area (Å²) in [7, 11) is 2.07. The van der Waals surface area contributed by atoms with Crippen molar-refractivity contribution in [3.05, 3.63) is 10.1 Å². The number of piperazine rings is 1. The molecule has 2 fully saturated rings. The third kappa shape index (κ3) is 3.29. The van der Waals surface area contributed by atoms with Gasteiger partial charge in [0.2, 0.25) is 17.6 Å². The smallest absolute Gasteiger partial charge is 0.353 e. The first-order chi connectivity index (χ1) is 11.1. The summed E-state index contributed by atoms with van der Waals surface area (Å²) in [5.74, 6) is 0.831. The van der Waals surface area contributed by atoms with Crippen LogP contribution in [0.2, 0.25) is 0 Å². The molecule has 2 N–H and O–H groups in total. The fourth-order valence-electron chi connectivity index (χ4n) is 3.10. The van der Waals surface area contributed by atoms with Gasteiger partial charge >= 0.3 is 5.69 Å². The molecule has 3 heterocycles. The van der Waals surface area contributed by atoms with Gasteiger partial charge in [-0.05, 0) is 26.3 Å². The van der Waals surface area contributed by atoms with Crippen LogP contribution in [-0.4, -0.2) is 66.1 Å². The summed E-state index contributed by atoms with van der Waals surface area (Å²) in [4.78, 5) is 25.9. The van der Waals surface area contributed by atoms with Gasteiger partial charge in [0.25, 0.3) is 0 Å². The van der Waals surface area contributed by atoms with Crippen LogP contribution in [0.15, 0.2) is 0 Å². The maximum absolute atomic E-state index is 11.4. The van der Waals surface area contributed by atoms with Gasteiger partial charge in [-0.2, -0.15) is 9.97 Å². The summed E-state index contributed by atoms with van der Waals surface area (Å²) in [6.45, 7) is 4.98. The number of rotatable bonds is 3. The van der Waals surface area contributed by atoms with E-state index in [9.17, 15) is 10.1 Å². The number of aromatic nitrogens is 2. The van der Waals surface area contributed by atoms with E-state index in [0.717, 1.165) is 58.5 Å². The summed E-state index contributed by atoms with van der Waals surface area (Å²) >= 11 is 0. The van der Waals surface area contributed by atoms with Crippen LogP contribution in [0.4, 0.5) is 23.3 Å². The van der Waals surface area contributed by atoms with E-state index in [1.54, 1.807) is 0 Å². The molecule has 2 aliphatic heterocycles. The fraction of sp³-hybridized carbons (Fsp3) is 0.714. The molecule has 0 aromatic carbocycles. The molecule has 1 aromatic rings. The lowest BCUT2D eigenvalue weighted by Gasteiger charge is -2.33. The van der Waals surface area contributed by atoms with Gasteiger partial charge in [-0.25, -0.2) is 0 Å². The molecule has 126 valence electrons. The molecule has 2 saturated heterocycles. The number of nitro groups is 1. The highest BCUT2D eigenvalue weighted by atomic mass is 16.6. The molecule has 0 saturated carbocycles. The predicted molar refractivity (Wildman–Crippen MR) is 88.9 cm³/mol. The molecule has 9 nitrogen and oxygen atoms in total. The Bertz CT molecular complexity index is 581. The van der Waals surface area contributed by atoms with Crippen molar-refractivity contribution in [1.29, 1.82) is 0 Å². The predicted octanol–water partition coefficient (Wildman–Crippen LogP) is 0.709. The summed E-state index contributed by atoms with van der Waals surface area (Å²) in [5, 5.41) is 11.4. The van der Waals surface area contributed by atoms with Crippen LogP contribution in [0.3, 0.4) is 0 Å². The molecule has 0 bridgehead atoms. The van der Waals surface area contributed by atoms with E-state index in [0.29, 0.717) is 11.8 Å². The molecule has 0 aliphatic carbocycles. The first-order valence-electron chi connectivity index (χ1n) is 8.06. The topological polar surface area (TPSA) is 105 Å². The second-order valence-electron chi connectivity index (χ2n) is 6.18. The Morgan fingerprint density at radius 2 is 1.65 bits per heavy atom. The van der Waals surface area contributed by atoms with Crippen LogP contribution in [0.5, 0.6) is 0 Å². The minimum Gasteiger partial charge on any atom is -0.378 e. The second kappa shape index (κ2) is 6.53. The monoisotopic (exact) mass is 321 g/mol. The number of anilines is 3. The van der Waals surface area contributed by atoms with Gasteiger partial charge in [0.15, 0.2) is 0 Å². The van der Waals surface area contributed by atoms with E-state index < -0.39 is 4.92 Å². The third-order valence-electron chi connectivity index (χ3n) is 4.51. The van der Waals surface area contributed by atoms with Crippen LogP contribution >= 0.6 is 0 Å². The Kier molecular flexibility index (Phi) is 4.46. The summed E-state index contributed by atoms with van der Waals surface area (Å²) in [5.41, 5.74) is 5.74. The fourth-order valence-corrected chi connectivity index (χ4v) is 3.10. The Balaban J connectivity index is 1.95. The van der Waals surface area contributed by atoms with Crippen molar-refractivity contribution in [3.8, 4) is 0 Å². The molecule has 3 rings (SSSR count). The molecule has 1 aromatic heterocycles. The van der Waals surface area contributed by atoms with Crippen LogP contribution in [0.1, 0.15) is 19.3 Å². The number of likely N-dealkylation sites (N-methyl/N-ethyl adjacent to an activating group) is 1. The Hall–Kier alpha value is -2.16. The maximum Gasteiger partial charge on any atom is 0.353 e. The molecule has 0 atom stereocenters. The molecule has 0 amide bonds. The molecule has 9 heteroatoms. The van der Waals surface area contributed by atoms with Crippen molar-refractivity contribution in [2.75, 3.05) is 61.8 Å². The lowest BCUT2D eigenvalue weighted by atomic mass is 10.1. The van der Waals surface area contributed by atoms with Gasteiger partial charge in [-0.15, -0.1) is 0 Å². The summed E-state index contributed by atoms with van der Waals surface area (Å²) < 4.78 is 0. The lowest BCUT2D eigenvalue weighted by Crippen LogP contribution is -2.45. The molecule has 0 radical (unpaired) electrons. The highest BCUT2D eigenvalue weighted by molar-refractivity contribution is 5.71. The summed E-state index contributed by atoms with van der Waals surface area (Å²) in [6.07, 6.45) is 3.19. The third-order valence-corrected chi connectivity index (χ3v) is 4.51. The van der Waals surface area contributed by atoms with Gasteiger partial charge in [0.1, 0.15) is 0 Å². The average molecular weight is 321 g/mol. The molecule has 0 unspecified atom stereocenters. The zero-order valence-corrected chi connectivity index (χ0v) is 13.4. The van der Waals surface area contributed by atoms with Gasteiger partial charge in [-0.1, -0.05) is 0 Å². The van der Waals surface area contributed by atoms with Crippen molar-refractivity contribution in [3.63, 3.8) is 0 Å². The Labute approximate surface area is 135 Å². The van der Waals surface area contributed by atoms with E-state index in [-0.39, 0.29) is 11.5 Å². The van der Waals surface area contributed by atoms with Crippen LogP contribution in [-0.2, 0) is 0 Å². The van der Waals surface area contributed by atoms with Crippen LogP contribution < -0.4 is 15.5 Å². The number of piperidine rings is 1. The van der Waals surface area contributed by atoms with Gasteiger partial charge in [0, 0.05) is 39.3 Å². The van der Waals surface area contributed by atoms with Crippen LogP contribution in [0, 0.1) is 10.1 Å². The van der Waals surface area contributed by atoms with Gasteiger partial charge in [0.05, 0.1) is 4.92 Å². The molecule has 2 aliphatic rings. The zero-order chi connectivity index (χ0) is 16.4. The number of nitrogens with two attached hydrogens (primary N) is 1. The van der Waals surface area contributed by atoms with Crippen molar-refractivity contribution in [2.45, 2.75) is 19.3 Å². The number of nitrogens with zero attached hydrogens (tertiary/aromatic N) is 6. The van der Waals surface area contributed by atoms with E-state index >= 15 is 0 Å². The number of nitrogen functional groups attached to an aromatic ring is 1. The van der Waals surface area contributed by atoms with E-state index in [1.807, 2.05) is 9.80 Å². The van der Waals surface area contributed by atoms with E-state index in [2.05, 4.69) is 21.9 Å². The maximum atomic E-state index is 11.4. The van der Waals surface area contributed by atoms with Gasteiger partial charge in [-0.3, -0.25) is 10.1 Å². The average Bonchev–Trinajstić information content (AvgIpc) is 2.55.